The van der Waals surface area contributed by atoms with Crippen LogP contribution in [0.3, 0.4) is 0 Å². The van der Waals surface area contributed by atoms with Gasteiger partial charge in [-0.05, 0) is 35.9 Å². The number of nitrogens with zero attached hydrogens (tertiary/aromatic N) is 3. The average molecular weight is 419 g/mol. The topological polar surface area (TPSA) is 83.0 Å². The summed E-state index contributed by atoms with van der Waals surface area (Å²) in [5.74, 6) is 0.218. The fourth-order valence-corrected chi connectivity index (χ4v) is 3.37. The molecule has 8 heteroatoms. The number of amides is 1. The molecule has 2 aromatic heterocycles. The molecule has 2 heterocycles. The van der Waals surface area contributed by atoms with Gasteiger partial charge in [0.25, 0.3) is 5.91 Å². The molecule has 4 aromatic rings. The number of pyridine rings is 1. The molecular formula is C23H22FN5O2. The van der Waals surface area contributed by atoms with Crippen molar-refractivity contribution in [1.82, 2.24) is 19.9 Å². The lowest BCUT2D eigenvalue weighted by Crippen LogP contribution is -2.23. The lowest BCUT2D eigenvalue weighted by Gasteiger charge is -2.19. The normalized spacial score (nSPS) is 10.9. The molecule has 0 fully saturated rings. The third-order valence-electron chi connectivity index (χ3n) is 5.18. The van der Waals surface area contributed by atoms with E-state index in [1.54, 1.807) is 49.6 Å². The number of fused-ring (bicyclic) bond motifs is 1. The summed E-state index contributed by atoms with van der Waals surface area (Å²) in [4.78, 5) is 33.2. The Labute approximate surface area is 178 Å². The van der Waals surface area contributed by atoms with Crippen LogP contribution in [0.15, 0.2) is 65.6 Å². The second-order valence-electron chi connectivity index (χ2n) is 7.38. The van der Waals surface area contributed by atoms with Gasteiger partial charge in [-0.3, -0.25) is 9.36 Å². The number of aromatic amines is 1. The maximum absolute atomic E-state index is 13.8. The van der Waals surface area contributed by atoms with E-state index in [4.69, 9.17) is 0 Å². The van der Waals surface area contributed by atoms with E-state index in [2.05, 4.69) is 15.3 Å². The first-order valence-electron chi connectivity index (χ1n) is 9.79. The van der Waals surface area contributed by atoms with Crippen molar-refractivity contribution >= 4 is 22.8 Å². The molecule has 0 atom stereocenters. The van der Waals surface area contributed by atoms with Gasteiger partial charge in [0.2, 0.25) is 0 Å². The summed E-state index contributed by atoms with van der Waals surface area (Å²) in [6.45, 7) is 0.715. The fraction of sp³-hybridized carbons (Fsp3) is 0.174. The lowest BCUT2D eigenvalue weighted by molar-refractivity contribution is 0.0951. The molecule has 0 bridgehead atoms. The summed E-state index contributed by atoms with van der Waals surface area (Å²) in [7, 11) is 3.52. The maximum Gasteiger partial charge on any atom is 0.326 e. The Hall–Kier alpha value is -3.94. The van der Waals surface area contributed by atoms with Crippen molar-refractivity contribution in [3.05, 3.63) is 93.8 Å². The van der Waals surface area contributed by atoms with E-state index in [1.807, 2.05) is 24.1 Å². The monoisotopic (exact) mass is 419 g/mol. The van der Waals surface area contributed by atoms with Gasteiger partial charge in [0.1, 0.15) is 11.6 Å². The zero-order valence-electron chi connectivity index (χ0n) is 17.2. The number of hydrogen-bond acceptors (Lipinski definition) is 4. The summed E-state index contributed by atoms with van der Waals surface area (Å²) >= 11 is 0. The number of rotatable bonds is 6. The Morgan fingerprint density at radius 3 is 2.74 bits per heavy atom. The fourth-order valence-electron chi connectivity index (χ4n) is 3.37. The van der Waals surface area contributed by atoms with Crippen LogP contribution in [0.1, 0.15) is 21.5 Å². The van der Waals surface area contributed by atoms with E-state index in [-0.39, 0.29) is 17.4 Å². The van der Waals surface area contributed by atoms with E-state index >= 15 is 0 Å². The number of hydrogen-bond donors (Lipinski definition) is 2. The first kappa shape index (κ1) is 20.3. The zero-order chi connectivity index (χ0) is 22.0. The molecule has 0 aliphatic carbocycles. The van der Waals surface area contributed by atoms with Crippen molar-refractivity contribution in [1.29, 1.82) is 0 Å². The predicted molar refractivity (Wildman–Crippen MR) is 117 cm³/mol. The first-order valence-corrected chi connectivity index (χ1v) is 9.79. The highest BCUT2D eigenvalue weighted by molar-refractivity contribution is 5.97. The second kappa shape index (κ2) is 8.43. The number of imidazole rings is 1. The van der Waals surface area contributed by atoms with Gasteiger partial charge in [-0.25, -0.2) is 14.2 Å². The van der Waals surface area contributed by atoms with Gasteiger partial charge in [-0.15, -0.1) is 0 Å². The van der Waals surface area contributed by atoms with Crippen molar-refractivity contribution in [2.24, 2.45) is 7.05 Å². The standard InChI is InChI=1S/C23H22FN5O2/c1-28(14-17-5-3-4-6-18(17)24)21-10-7-15(12-25-21)13-26-22(30)16-8-9-20-19(11-16)27-23(31)29(20)2/h3-12H,13-14H2,1-2H3,(H,26,30)(H,27,31). The molecule has 2 aromatic carbocycles. The number of anilines is 1. The molecule has 0 radical (unpaired) electrons. The van der Waals surface area contributed by atoms with Crippen molar-refractivity contribution in [3.63, 3.8) is 0 Å². The van der Waals surface area contributed by atoms with Crippen molar-refractivity contribution in [2.45, 2.75) is 13.1 Å². The number of H-pyrrole nitrogens is 1. The van der Waals surface area contributed by atoms with Crippen LogP contribution in [0.5, 0.6) is 0 Å². The summed E-state index contributed by atoms with van der Waals surface area (Å²) in [5, 5.41) is 2.86. The van der Waals surface area contributed by atoms with Crippen LogP contribution in [0, 0.1) is 5.82 Å². The summed E-state index contributed by atoms with van der Waals surface area (Å²) in [6, 6.07) is 15.4. The molecule has 31 heavy (non-hydrogen) atoms. The Morgan fingerprint density at radius 1 is 1.19 bits per heavy atom. The maximum atomic E-state index is 13.8. The highest BCUT2D eigenvalue weighted by atomic mass is 19.1. The Kier molecular flexibility index (Phi) is 5.53. The van der Waals surface area contributed by atoms with Crippen molar-refractivity contribution < 1.29 is 9.18 Å². The Bertz CT molecular complexity index is 1290. The number of carbonyl (C=O) groups is 1. The molecule has 4 rings (SSSR count). The molecule has 0 saturated carbocycles. The van der Waals surface area contributed by atoms with Gasteiger partial charge in [0, 0.05) is 44.5 Å². The van der Waals surface area contributed by atoms with E-state index in [1.165, 1.54) is 10.6 Å². The largest absolute Gasteiger partial charge is 0.355 e. The number of nitrogens with one attached hydrogen (secondary N) is 2. The molecule has 0 aliphatic heterocycles. The van der Waals surface area contributed by atoms with Gasteiger partial charge in [-0.2, -0.15) is 0 Å². The van der Waals surface area contributed by atoms with E-state index in [0.29, 0.717) is 35.6 Å². The van der Waals surface area contributed by atoms with Crippen LogP contribution >= 0.6 is 0 Å². The molecule has 1 amide bonds. The number of aryl methyl sites for hydroxylation is 1. The Balaban J connectivity index is 1.38. The van der Waals surface area contributed by atoms with Crippen molar-refractivity contribution in [2.75, 3.05) is 11.9 Å². The molecule has 0 saturated heterocycles. The van der Waals surface area contributed by atoms with Gasteiger partial charge >= 0.3 is 5.69 Å². The molecular weight excluding hydrogens is 397 g/mol. The smallest absolute Gasteiger partial charge is 0.326 e. The number of benzene rings is 2. The Morgan fingerprint density at radius 2 is 2.00 bits per heavy atom. The van der Waals surface area contributed by atoms with Crippen LogP contribution in [-0.2, 0) is 20.1 Å². The number of halogens is 1. The third kappa shape index (κ3) is 4.32. The van der Waals surface area contributed by atoms with Crippen molar-refractivity contribution in [3.8, 4) is 0 Å². The zero-order valence-corrected chi connectivity index (χ0v) is 17.2. The van der Waals surface area contributed by atoms with Gasteiger partial charge < -0.3 is 15.2 Å². The van der Waals surface area contributed by atoms with Crippen LogP contribution in [0.2, 0.25) is 0 Å². The summed E-state index contributed by atoms with van der Waals surface area (Å²) in [5.41, 5.74) is 3.03. The van der Waals surface area contributed by atoms with E-state index in [9.17, 15) is 14.0 Å². The molecule has 0 unspecified atom stereocenters. The lowest BCUT2D eigenvalue weighted by atomic mass is 10.2. The van der Waals surface area contributed by atoms with Crippen LogP contribution < -0.4 is 15.9 Å². The van der Waals surface area contributed by atoms with Gasteiger partial charge in [-0.1, -0.05) is 24.3 Å². The van der Waals surface area contributed by atoms with Crippen LogP contribution in [0.25, 0.3) is 11.0 Å². The minimum atomic E-state index is -0.244. The predicted octanol–water partition coefficient (Wildman–Crippen LogP) is 2.97. The summed E-state index contributed by atoms with van der Waals surface area (Å²) in [6.07, 6.45) is 1.69. The van der Waals surface area contributed by atoms with E-state index < -0.39 is 0 Å². The molecule has 7 nitrogen and oxygen atoms in total. The van der Waals surface area contributed by atoms with Crippen LogP contribution in [-0.4, -0.2) is 27.5 Å². The molecule has 0 aliphatic rings. The summed E-state index contributed by atoms with van der Waals surface area (Å²) < 4.78 is 15.3. The van der Waals surface area contributed by atoms with E-state index in [0.717, 1.165) is 11.1 Å². The minimum Gasteiger partial charge on any atom is -0.355 e. The quantitative estimate of drug-likeness (QED) is 0.503. The van der Waals surface area contributed by atoms with Crippen LogP contribution in [0.4, 0.5) is 10.2 Å². The molecule has 0 spiro atoms. The highest BCUT2D eigenvalue weighted by Gasteiger charge is 2.10. The number of carbonyl (C=O) groups excluding carboxylic acids is 1. The third-order valence-corrected chi connectivity index (χ3v) is 5.18. The first-order chi connectivity index (χ1) is 14.9. The molecule has 158 valence electrons. The molecule has 2 N–H and O–H groups in total. The highest BCUT2D eigenvalue weighted by Crippen LogP contribution is 2.16. The second-order valence-corrected chi connectivity index (χ2v) is 7.38. The number of aromatic nitrogens is 3. The van der Waals surface area contributed by atoms with Gasteiger partial charge in [0.05, 0.1) is 11.0 Å². The average Bonchev–Trinajstić information content (AvgIpc) is 3.07. The minimum absolute atomic E-state index is 0.223. The SMILES string of the molecule is CN(Cc1ccccc1F)c1ccc(CNC(=O)c2ccc3c(c2)[nH]c(=O)n3C)cn1. The van der Waals surface area contributed by atoms with Gasteiger partial charge in [0.15, 0.2) is 0 Å².